The van der Waals surface area contributed by atoms with Crippen LogP contribution in [0.3, 0.4) is 0 Å². The van der Waals surface area contributed by atoms with E-state index < -0.39 is 17.5 Å². The van der Waals surface area contributed by atoms with Crippen LogP contribution in [0.2, 0.25) is 0 Å². The Hall–Kier alpha value is -2.77. The van der Waals surface area contributed by atoms with Crippen molar-refractivity contribution in [3.8, 4) is 5.75 Å². The van der Waals surface area contributed by atoms with Crippen molar-refractivity contribution in [3.63, 3.8) is 0 Å². The lowest BCUT2D eigenvalue weighted by Gasteiger charge is -2.25. The molecule has 0 bridgehead atoms. The molecule has 1 aromatic rings. The minimum atomic E-state index is -0.904. The lowest BCUT2D eigenvalue weighted by atomic mass is 9.99. The first-order valence-electron chi connectivity index (χ1n) is 8.02. The topological polar surface area (TPSA) is 117 Å². The monoisotopic (exact) mass is 351 g/mol. The maximum Gasteiger partial charge on any atom is 0.319 e. The second-order valence-electron chi connectivity index (χ2n) is 6.12. The number of ether oxygens (including phenoxy) is 1. The summed E-state index contributed by atoms with van der Waals surface area (Å²) >= 11 is 0. The van der Waals surface area contributed by atoms with Crippen molar-refractivity contribution in [1.29, 1.82) is 0 Å². The largest absolute Gasteiger partial charge is 0.484 e. The quantitative estimate of drug-likeness (QED) is 0.543. The molecule has 0 radical (unpaired) electrons. The molecule has 0 saturated carbocycles. The molecular weight excluding hydrogens is 326 g/mol. The van der Waals surface area contributed by atoms with Crippen LogP contribution < -0.4 is 20.7 Å². The molecule has 3 amide bonds. The smallest absolute Gasteiger partial charge is 0.319 e. The van der Waals surface area contributed by atoms with Gasteiger partial charge in [-0.25, -0.2) is 4.79 Å². The average molecular weight is 351 g/mol. The highest BCUT2D eigenvalue weighted by Crippen LogP contribution is 2.16. The summed E-state index contributed by atoms with van der Waals surface area (Å²) in [6.07, 6.45) is 0.299. The lowest BCUT2D eigenvalue weighted by Crippen LogP contribution is -2.45. The summed E-state index contributed by atoms with van der Waals surface area (Å²) < 4.78 is 5.32. The number of hydrogen-bond donors (Lipinski definition) is 4. The van der Waals surface area contributed by atoms with Crippen molar-refractivity contribution in [2.24, 2.45) is 0 Å². The number of urea groups is 1. The fraction of sp³-hybridized carbons (Fsp3) is 0.471. The first kappa shape index (κ1) is 20.3. The van der Waals surface area contributed by atoms with E-state index in [1.165, 1.54) is 0 Å². The Morgan fingerprint density at radius 3 is 2.36 bits per heavy atom. The van der Waals surface area contributed by atoms with Gasteiger partial charge >= 0.3 is 12.0 Å². The third-order valence-corrected chi connectivity index (χ3v) is 3.27. The third kappa shape index (κ3) is 8.59. The number of carboxylic acid groups (broad SMARTS) is 1. The van der Waals surface area contributed by atoms with Gasteiger partial charge in [-0.3, -0.25) is 9.59 Å². The molecule has 8 nitrogen and oxygen atoms in total. The van der Waals surface area contributed by atoms with Crippen molar-refractivity contribution in [3.05, 3.63) is 24.3 Å². The van der Waals surface area contributed by atoms with E-state index in [-0.39, 0.29) is 18.9 Å². The first-order valence-corrected chi connectivity index (χ1v) is 8.02. The SMILES string of the molecule is CCNC(=O)COc1ccc(NC(=O)NC(C)(C)CCC(=O)O)cc1. The van der Waals surface area contributed by atoms with Crippen LogP contribution >= 0.6 is 0 Å². The highest BCUT2D eigenvalue weighted by molar-refractivity contribution is 5.89. The number of amides is 3. The van der Waals surface area contributed by atoms with Crippen molar-refractivity contribution >= 4 is 23.6 Å². The molecule has 0 saturated heterocycles. The number of benzene rings is 1. The Bertz CT molecular complexity index is 599. The number of rotatable bonds is 9. The van der Waals surface area contributed by atoms with Crippen LogP contribution in [0.1, 0.15) is 33.6 Å². The molecule has 8 heteroatoms. The third-order valence-electron chi connectivity index (χ3n) is 3.27. The van der Waals surface area contributed by atoms with Gasteiger partial charge in [0.15, 0.2) is 6.61 Å². The number of carbonyl (C=O) groups is 3. The van der Waals surface area contributed by atoms with Gasteiger partial charge in [0.05, 0.1) is 0 Å². The van der Waals surface area contributed by atoms with E-state index in [1.54, 1.807) is 38.1 Å². The van der Waals surface area contributed by atoms with Gasteiger partial charge < -0.3 is 25.8 Å². The molecule has 25 heavy (non-hydrogen) atoms. The van der Waals surface area contributed by atoms with E-state index in [2.05, 4.69) is 16.0 Å². The molecule has 0 atom stereocenters. The van der Waals surface area contributed by atoms with E-state index >= 15 is 0 Å². The zero-order chi connectivity index (χ0) is 18.9. The van der Waals surface area contributed by atoms with Gasteiger partial charge in [0.2, 0.25) is 0 Å². The van der Waals surface area contributed by atoms with E-state index in [9.17, 15) is 14.4 Å². The number of likely N-dealkylation sites (N-methyl/N-ethyl adjacent to an activating group) is 1. The van der Waals surface area contributed by atoms with Crippen LogP contribution in [0.4, 0.5) is 10.5 Å². The van der Waals surface area contributed by atoms with E-state index in [4.69, 9.17) is 9.84 Å². The maximum absolute atomic E-state index is 12.0. The lowest BCUT2D eigenvalue weighted by molar-refractivity contribution is -0.137. The van der Waals surface area contributed by atoms with Crippen LogP contribution in [-0.4, -0.2) is 41.7 Å². The van der Waals surface area contributed by atoms with Gasteiger partial charge in [0.1, 0.15) is 5.75 Å². The first-order chi connectivity index (χ1) is 11.7. The van der Waals surface area contributed by atoms with Crippen LogP contribution in [-0.2, 0) is 9.59 Å². The van der Waals surface area contributed by atoms with Crippen LogP contribution in [0.5, 0.6) is 5.75 Å². The number of aliphatic carboxylic acids is 1. The molecule has 0 aliphatic heterocycles. The minimum Gasteiger partial charge on any atom is -0.484 e. The summed E-state index contributed by atoms with van der Waals surface area (Å²) in [6.45, 7) is 5.82. The van der Waals surface area contributed by atoms with Gasteiger partial charge in [0.25, 0.3) is 5.91 Å². The maximum atomic E-state index is 12.0. The molecule has 138 valence electrons. The number of carboxylic acids is 1. The summed E-state index contributed by atoms with van der Waals surface area (Å²) in [4.78, 5) is 33.9. The highest BCUT2D eigenvalue weighted by atomic mass is 16.5. The van der Waals surface area contributed by atoms with Gasteiger partial charge in [0, 0.05) is 24.2 Å². The van der Waals surface area contributed by atoms with Crippen molar-refractivity contribution in [2.75, 3.05) is 18.5 Å². The Balaban J connectivity index is 2.47. The number of nitrogens with one attached hydrogen (secondary N) is 3. The number of hydrogen-bond acceptors (Lipinski definition) is 4. The fourth-order valence-corrected chi connectivity index (χ4v) is 1.98. The predicted molar refractivity (Wildman–Crippen MR) is 93.7 cm³/mol. The summed E-state index contributed by atoms with van der Waals surface area (Å²) in [6, 6.07) is 6.16. The van der Waals surface area contributed by atoms with Crippen LogP contribution in [0.15, 0.2) is 24.3 Å². The molecular formula is C17H25N3O5. The summed E-state index contributed by atoms with van der Waals surface area (Å²) in [5, 5.41) is 16.7. The van der Waals surface area contributed by atoms with Gasteiger partial charge in [-0.05, 0) is 51.5 Å². The molecule has 0 spiro atoms. The number of anilines is 1. The molecule has 1 aromatic carbocycles. The average Bonchev–Trinajstić information content (AvgIpc) is 2.52. The molecule has 1 rings (SSSR count). The summed E-state index contributed by atoms with van der Waals surface area (Å²) in [5.74, 6) is -0.592. The van der Waals surface area contributed by atoms with Gasteiger partial charge in [-0.15, -0.1) is 0 Å². The summed E-state index contributed by atoms with van der Waals surface area (Å²) in [5.41, 5.74) is -0.0880. The molecule has 0 aromatic heterocycles. The zero-order valence-corrected chi connectivity index (χ0v) is 14.7. The summed E-state index contributed by atoms with van der Waals surface area (Å²) in [7, 11) is 0. The molecule has 0 fully saturated rings. The highest BCUT2D eigenvalue weighted by Gasteiger charge is 2.21. The van der Waals surface area contributed by atoms with E-state index in [1.807, 2.05) is 6.92 Å². The van der Waals surface area contributed by atoms with Gasteiger partial charge in [-0.1, -0.05) is 0 Å². The zero-order valence-electron chi connectivity index (χ0n) is 14.7. The van der Waals surface area contributed by atoms with Crippen LogP contribution in [0, 0.1) is 0 Å². The number of carbonyl (C=O) groups excluding carboxylic acids is 2. The molecule has 0 unspecified atom stereocenters. The Kier molecular flexibility index (Phi) is 7.71. The van der Waals surface area contributed by atoms with Gasteiger partial charge in [-0.2, -0.15) is 0 Å². The second-order valence-corrected chi connectivity index (χ2v) is 6.12. The Labute approximate surface area is 146 Å². The molecule has 0 aliphatic carbocycles. The normalized spacial score (nSPS) is 10.7. The molecule has 4 N–H and O–H groups in total. The second kappa shape index (κ2) is 9.51. The Morgan fingerprint density at radius 1 is 1.16 bits per heavy atom. The molecule has 0 aliphatic rings. The fourth-order valence-electron chi connectivity index (χ4n) is 1.98. The Morgan fingerprint density at radius 2 is 1.80 bits per heavy atom. The van der Waals surface area contributed by atoms with Crippen molar-refractivity contribution in [1.82, 2.24) is 10.6 Å². The standard InChI is InChI=1S/C17H25N3O5/c1-4-18-14(21)11-25-13-7-5-12(6-8-13)19-16(24)20-17(2,3)10-9-15(22)23/h5-8H,4,9-11H2,1-3H3,(H,18,21)(H,22,23)(H2,19,20,24). The molecule has 0 heterocycles. The van der Waals surface area contributed by atoms with E-state index in [0.717, 1.165) is 0 Å². The predicted octanol–water partition coefficient (Wildman–Crippen LogP) is 1.97. The van der Waals surface area contributed by atoms with E-state index in [0.29, 0.717) is 24.4 Å². The minimum absolute atomic E-state index is 0.0229. The van der Waals surface area contributed by atoms with Crippen molar-refractivity contribution in [2.45, 2.75) is 39.2 Å². The van der Waals surface area contributed by atoms with Crippen molar-refractivity contribution < 1.29 is 24.2 Å². The van der Waals surface area contributed by atoms with Crippen LogP contribution in [0.25, 0.3) is 0 Å².